The van der Waals surface area contributed by atoms with Gasteiger partial charge in [-0.1, -0.05) is 23.8 Å². The monoisotopic (exact) mass is 219 g/mol. The van der Waals surface area contributed by atoms with E-state index >= 15 is 0 Å². The molecule has 0 heterocycles. The maximum absolute atomic E-state index is 5.04. The van der Waals surface area contributed by atoms with Gasteiger partial charge in [-0.15, -0.1) is 0 Å². The average Bonchev–Trinajstić information content (AvgIpc) is 2.30. The van der Waals surface area contributed by atoms with Gasteiger partial charge in [0.2, 0.25) is 0 Å². The maximum atomic E-state index is 5.04. The molecule has 0 aliphatic heterocycles. The van der Waals surface area contributed by atoms with Crippen LogP contribution in [-0.2, 0) is 4.74 Å². The lowest BCUT2D eigenvalue weighted by Crippen LogP contribution is -1.77. The van der Waals surface area contributed by atoms with E-state index in [2.05, 4.69) is 24.1 Å². The molecule has 0 saturated carbocycles. The maximum Gasteiger partial charge on any atom is 0.0924 e. The van der Waals surface area contributed by atoms with Crippen molar-refractivity contribution in [3.8, 4) is 0 Å². The molecule has 2 heteroatoms. The predicted octanol–water partition coefficient (Wildman–Crippen LogP) is 3.69. The molecule has 16 heavy (non-hydrogen) atoms. The molecule has 0 bridgehead atoms. The Kier molecular flexibility index (Phi) is 7.86. The van der Waals surface area contributed by atoms with Gasteiger partial charge in [0.15, 0.2) is 0 Å². The van der Waals surface area contributed by atoms with Gasteiger partial charge in [-0.25, -0.2) is 0 Å². The molecule has 0 saturated heterocycles. The number of methoxy groups -OCH3 is 1. The second-order valence-electron chi connectivity index (χ2n) is 3.54. The molecule has 0 aromatic carbocycles. The first-order valence-electron chi connectivity index (χ1n) is 5.26. The van der Waals surface area contributed by atoms with Gasteiger partial charge < -0.3 is 4.74 Å². The van der Waals surface area contributed by atoms with E-state index in [1.807, 2.05) is 32.1 Å². The molecule has 0 rings (SSSR count). The van der Waals surface area contributed by atoms with Crippen LogP contribution >= 0.6 is 0 Å². The Labute approximate surface area is 98.7 Å². The summed E-state index contributed by atoms with van der Waals surface area (Å²) in [6.45, 7) is 6.02. The minimum atomic E-state index is 0.901. The van der Waals surface area contributed by atoms with Gasteiger partial charge in [0.25, 0.3) is 0 Å². The third kappa shape index (κ3) is 7.80. The molecule has 0 N–H and O–H groups in total. The van der Waals surface area contributed by atoms with Crippen molar-refractivity contribution in [1.82, 2.24) is 0 Å². The summed E-state index contributed by atoms with van der Waals surface area (Å²) < 4.78 is 5.04. The van der Waals surface area contributed by atoms with Crippen molar-refractivity contribution in [3.05, 3.63) is 47.3 Å². The van der Waals surface area contributed by atoms with Crippen LogP contribution in [0.15, 0.2) is 52.3 Å². The molecule has 0 fully saturated rings. The summed E-state index contributed by atoms with van der Waals surface area (Å²) in [6.07, 6.45) is 11.9. The van der Waals surface area contributed by atoms with Gasteiger partial charge in [-0.3, -0.25) is 4.99 Å². The summed E-state index contributed by atoms with van der Waals surface area (Å²) in [4.78, 5) is 3.90. The molecule has 0 spiro atoms. The predicted molar refractivity (Wildman–Crippen MR) is 71.8 cm³/mol. The first-order valence-corrected chi connectivity index (χ1v) is 5.26. The minimum Gasteiger partial charge on any atom is -0.501 e. The van der Waals surface area contributed by atoms with Crippen LogP contribution in [-0.4, -0.2) is 20.4 Å². The molecule has 0 aliphatic rings. The van der Waals surface area contributed by atoms with E-state index in [0.29, 0.717) is 0 Å². The lowest BCUT2D eigenvalue weighted by molar-refractivity contribution is 0.294. The normalized spacial score (nSPS) is 15.2. The third-order valence-electron chi connectivity index (χ3n) is 2.00. The van der Waals surface area contributed by atoms with Crippen molar-refractivity contribution in [1.29, 1.82) is 0 Å². The molecule has 2 nitrogen and oxygen atoms in total. The fourth-order valence-corrected chi connectivity index (χ4v) is 0.883. The SMILES string of the molecule is CN=C/C=C(C)/C=C/C(C)=C/C=C(\C)OC. The molecular weight excluding hydrogens is 198 g/mol. The van der Waals surface area contributed by atoms with Crippen LogP contribution in [0.25, 0.3) is 0 Å². The van der Waals surface area contributed by atoms with Gasteiger partial charge in [-0.05, 0) is 38.5 Å². The Hall–Kier alpha value is -1.57. The third-order valence-corrected chi connectivity index (χ3v) is 2.00. The summed E-state index contributed by atoms with van der Waals surface area (Å²) in [5, 5.41) is 0. The van der Waals surface area contributed by atoms with Gasteiger partial charge in [0, 0.05) is 13.3 Å². The molecular formula is C14H21NO. The molecule has 88 valence electrons. The van der Waals surface area contributed by atoms with Crippen LogP contribution in [0, 0.1) is 0 Å². The summed E-state index contributed by atoms with van der Waals surface area (Å²) >= 11 is 0. The number of allylic oxidation sites excluding steroid dienone is 8. The van der Waals surface area contributed by atoms with Crippen LogP contribution in [0.5, 0.6) is 0 Å². The Morgan fingerprint density at radius 3 is 2.00 bits per heavy atom. The van der Waals surface area contributed by atoms with Crippen LogP contribution in [0.1, 0.15) is 20.8 Å². The second-order valence-corrected chi connectivity index (χ2v) is 3.54. The zero-order chi connectivity index (χ0) is 12.4. The van der Waals surface area contributed by atoms with Crippen molar-refractivity contribution in [2.75, 3.05) is 14.2 Å². The Balaban J connectivity index is 4.44. The smallest absolute Gasteiger partial charge is 0.0924 e. The van der Waals surface area contributed by atoms with E-state index in [-0.39, 0.29) is 0 Å². The zero-order valence-corrected chi connectivity index (χ0v) is 10.8. The van der Waals surface area contributed by atoms with Crippen LogP contribution in [0.3, 0.4) is 0 Å². The summed E-state index contributed by atoms with van der Waals surface area (Å²) in [5.74, 6) is 0.901. The highest BCUT2D eigenvalue weighted by Gasteiger charge is 1.84. The largest absolute Gasteiger partial charge is 0.501 e. The summed E-state index contributed by atoms with van der Waals surface area (Å²) in [7, 11) is 3.43. The van der Waals surface area contributed by atoms with E-state index in [4.69, 9.17) is 4.74 Å². The average molecular weight is 219 g/mol. The van der Waals surface area contributed by atoms with E-state index in [0.717, 1.165) is 5.76 Å². The standard InChI is InChI=1S/C14H21NO/c1-12(8-9-14(3)16-5)6-7-13(2)10-11-15-4/h6-11H,1-5H3/b7-6+,12-8+,13-10+,14-9+,15-11?. The molecule has 0 aromatic heterocycles. The lowest BCUT2D eigenvalue weighted by Gasteiger charge is -1.95. The van der Waals surface area contributed by atoms with E-state index in [1.54, 1.807) is 20.4 Å². The lowest BCUT2D eigenvalue weighted by atomic mass is 10.2. The summed E-state index contributed by atoms with van der Waals surface area (Å²) in [6, 6.07) is 0. The van der Waals surface area contributed by atoms with Gasteiger partial charge in [0.05, 0.1) is 12.9 Å². The summed E-state index contributed by atoms with van der Waals surface area (Å²) in [5.41, 5.74) is 2.35. The first kappa shape index (κ1) is 14.4. The van der Waals surface area contributed by atoms with Crippen molar-refractivity contribution < 1.29 is 4.74 Å². The Bertz CT molecular complexity index is 344. The Morgan fingerprint density at radius 1 is 0.938 bits per heavy atom. The molecule has 0 aliphatic carbocycles. The molecule has 0 atom stereocenters. The molecule has 0 radical (unpaired) electrons. The second kappa shape index (κ2) is 8.72. The van der Waals surface area contributed by atoms with Crippen LogP contribution in [0.2, 0.25) is 0 Å². The highest BCUT2D eigenvalue weighted by atomic mass is 16.5. The van der Waals surface area contributed by atoms with Crippen molar-refractivity contribution in [2.45, 2.75) is 20.8 Å². The molecule has 0 unspecified atom stereocenters. The number of ether oxygens (including phenoxy) is 1. The van der Waals surface area contributed by atoms with Gasteiger partial charge in [-0.2, -0.15) is 0 Å². The number of nitrogens with zero attached hydrogens (tertiary/aromatic N) is 1. The van der Waals surface area contributed by atoms with Crippen molar-refractivity contribution in [2.24, 2.45) is 4.99 Å². The highest BCUT2D eigenvalue weighted by molar-refractivity contribution is 5.72. The first-order chi connectivity index (χ1) is 7.60. The topological polar surface area (TPSA) is 21.6 Å². The van der Waals surface area contributed by atoms with Gasteiger partial charge in [0.1, 0.15) is 0 Å². The number of aliphatic imine (C=N–C) groups is 1. The number of hydrogen-bond donors (Lipinski definition) is 0. The van der Waals surface area contributed by atoms with Gasteiger partial charge >= 0.3 is 0 Å². The fraction of sp³-hybridized carbons (Fsp3) is 0.357. The van der Waals surface area contributed by atoms with E-state index < -0.39 is 0 Å². The number of hydrogen-bond acceptors (Lipinski definition) is 2. The van der Waals surface area contributed by atoms with Crippen molar-refractivity contribution >= 4 is 6.21 Å². The van der Waals surface area contributed by atoms with Crippen LogP contribution in [0.4, 0.5) is 0 Å². The molecule has 0 aromatic rings. The van der Waals surface area contributed by atoms with E-state index in [9.17, 15) is 0 Å². The van der Waals surface area contributed by atoms with Crippen molar-refractivity contribution in [3.63, 3.8) is 0 Å². The molecule has 0 amide bonds. The highest BCUT2D eigenvalue weighted by Crippen LogP contribution is 2.02. The minimum absolute atomic E-state index is 0.901. The Morgan fingerprint density at radius 2 is 1.50 bits per heavy atom. The zero-order valence-electron chi connectivity index (χ0n) is 10.8. The van der Waals surface area contributed by atoms with E-state index in [1.165, 1.54) is 11.1 Å². The fourth-order valence-electron chi connectivity index (χ4n) is 0.883. The quantitative estimate of drug-likeness (QED) is 0.392. The number of rotatable bonds is 5. The van der Waals surface area contributed by atoms with Crippen LogP contribution < -0.4 is 0 Å².